The molecule has 0 saturated carbocycles. The highest BCUT2D eigenvalue weighted by Gasteiger charge is 2.11. The quantitative estimate of drug-likeness (QED) is 0.533. The van der Waals surface area contributed by atoms with Crippen LogP contribution >= 0.6 is 15.9 Å². The van der Waals surface area contributed by atoms with E-state index in [2.05, 4.69) is 25.9 Å². The van der Waals surface area contributed by atoms with Crippen molar-refractivity contribution >= 4 is 26.8 Å². The van der Waals surface area contributed by atoms with Crippen LogP contribution < -0.4 is 11.2 Å². The van der Waals surface area contributed by atoms with E-state index in [-0.39, 0.29) is 0 Å². The predicted octanol–water partition coefficient (Wildman–Crippen LogP) is 4.31. The minimum absolute atomic E-state index is 0.394. The Kier molecular flexibility index (Phi) is 3.86. The first-order chi connectivity index (χ1) is 12.1. The van der Waals surface area contributed by atoms with Gasteiger partial charge in [0.2, 0.25) is 0 Å². The number of fused-ring (bicyclic) bond motifs is 1. The minimum atomic E-state index is -0.508. The predicted molar refractivity (Wildman–Crippen MR) is 104 cm³/mol. The molecule has 0 spiro atoms. The van der Waals surface area contributed by atoms with Gasteiger partial charge in [-0.1, -0.05) is 58.4 Å². The van der Waals surface area contributed by atoms with Crippen molar-refractivity contribution in [1.29, 1.82) is 0 Å². The average Bonchev–Trinajstić information content (AvgIpc) is 2.62. The maximum atomic E-state index is 12.3. The summed E-state index contributed by atoms with van der Waals surface area (Å²) in [6, 6.07) is 21.4. The van der Waals surface area contributed by atoms with Gasteiger partial charge in [-0.25, -0.2) is 4.79 Å². The van der Waals surface area contributed by atoms with E-state index in [1.807, 2.05) is 60.7 Å². The zero-order chi connectivity index (χ0) is 17.4. The number of nitrogens with one attached hydrogen (secondary N) is 2. The first kappa shape index (κ1) is 15.6. The van der Waals surface area contributed by atoms with Gasteiger partial charge >= 0.3 is 5.69 Å². The topological polar surface area (TPSA) is 65.7 Å². The molecule has 0 fully saturated rings. The van der Waals surface area contributed by atoms with Crippen molar-refractivity contribution in [2.45, 2.75) is 0 Å². The molecule has 2 N–H and O–H groups in total. The standard InChI is InChI=1S/C20H13BrN2O2/c21-15-8-6-12(7-9-15)14-10-16(13-4-2-1-3-5-13)18-17(11-14)19(24)23-20(25)22-18/h1-11H,(H2,22,23,24,25). The van der Waals surface area contributed by atoms with Crippen LogP contribution in [0.3, 0.4) is 0 Å². The largest absolute Gasteiger partial charge is 0.326 e. The molecule has 4 nitrogen and oxygen atoms in total. The molecule has 5 heteroatoms. The number of benzene rings is 3. The highest BCUT2D eigenvalue weighted by atomic mass is 79.9. The van der Waals surface area contributed by atoms with E-state index in [4.69, 9.17) is 0 Å². The molecule has 0 radical (unpaired) electrons. The summed E-state index contributed by atoms with van der Waals surface area (Å²) in [6.07, 6.45) is 0. The van der Waals surface area contributed by atoms with Crippen molar-refractivity contribution in [2.24, 2.45) is 0 Å². The molecule has 0 aliphatic rings. The van der Waals surface area contributed by atoms with Gasteiger partial charge in [0.05, 0.1) is 10.9 Å². The van der Waals surface area contributed by atoms with Gasteiger partial charge < -0.3 is 4.98 Å². The van der Waals surface area contributed by atoms with E-state index in [1.165, 1.54) is 0 Å². The van der Waals surface area contributed by atoms with Gasteiger partial charge in [-0.05, 0) is 41.0 Å². The third kappa shape index (κ3) is 2.94. The third-order valence-corrected chi connectivity index (χ3v) is 4.64. The molecule has 122 valence electrons. The summed E-state index contributed by atoms with van der Waals surface area (Å²) in [5.74, 6) is 0. The van der Waals surface area contributed by atoms with Crippen LogP contribution in [0, 0.1) is 0 Å². The van der Waals surface area contributed by atoms with Crippen LogP contribution in [0.4, 0.5) is 0 Å². The summed E-state index contributed by atoms with van der Waals surface area (Å²) in [5.41, 5.74) is 3.30. The zero-order valence-corrected chi connectivity index (χ0v) is 14.6. The van der Waals surface area contributed by atoms with Crippen LogP contribution in [0.25, 0.3) is 33.2 Å². The van der Waals surface area contributed by atoms with Crippen LogP contribution in [0.5, 0.6) is 0 Å². The molecule has 0 aliphatic heterocycles. The third-order valence-electron chi connectivity index (χ3n) is 4.11. The Morgan fingerprint density at radius 2 is 1.44 bits per heavy atom. The number of aromatic nitrogens is 2. The first-order valence-electron chi connectivity index (χ1n) is 7.73. The summed E-state index contributed by atoms with van der Waals surface area (Å²) < 4.78 is 0.988. The molecule has 1 heterocycles. The monoisotopic (exact) mass is 392 g/mol. The van der Waals surface area contributed by atoms with Gasteiger partial charge in [0, 0.05) is 10.0 Å². The highest BCUT2D eigenvalue weighted by molar-refractivity contribution is 9.10. The van der Waals surface area contributed by atoms with Crippen LogP contribution in [0.2, 0.25) is 0 Å². The Morgan fingerprint density at radius 3 is 2.16 bits per heavy atom. The van der Waals surface area contributed by atoms with Gasteiger partial charge in [0.1, 0.15) is 0 Å². The van der Waals surface area contributed by atoms with Gasteiger partial charge in [0.25, 0.3) is 5.56 Å². The molecular formula is C20H13BrN2O2. The molecule has 25 heavy (non-hydrogen) atoms. The fourth-order valence-electron chi connectivity index (χ4n) is 2.93. The van der Waals surface area contributed by atoms with Crippen molar-refractivity contribution in [3.05, 3.63) is 92.0 Å². The van der Waals surface area contributed by atoms with Crippen molar-refractivity contribution in [2.75, 3.05) is 0 Å². The van der Waals surface area contributed by atoms with Crippen LogP contribution in [0.15, 0.2) is 80.8 Å². The molecule has 4 aromatic rings. The number of hydrogen-bond donors (Lipinski definition) is 2. The van der Waals surface area contributed by atoms with Gasteiger partial charge in [-0.3, -0.25) is 9.78 Å². The van der Waals surface area contributed by atoms with Crippen molar-refractivity contribution in [3.8, 4) is 22.3 Å². The molecule has 0 bridgehead atoms. The van der Waals surface area contributed by atoms with E-state index >= 15 is 0 Å². The number of halogens is 1. The lowest BCUT2D eigenvalue weighted by atomic mass is 9.96. The van der Waals surface area contributed by atoms with Crippen molar-refractivity contribution in [1.82, 2.24) is 9.97 Å². The second-order valence-corrected chi connectivity index (χ2v) is 6.64. The normalized spacial score (nSPS) is 10.9. The van der Waals surface area contributed by atoms with E-state index in [0.717, 1.165) is 26.7 Å². The summed E-state index contributed by atoms with van der Waals surface area (Å²) in [4.78, 5) is 29.2. The number of aromatic amines is 2. The maximum Gasteiger partial charge on any atom is 0.326 e. The molecule has 0 saturated heterocycles. The number of hydrogen-bond acceptors (Lipinski definition) is 2. The zero-order valence-electron chi connectivity index (χ0n) is 13.0. The second-order valence-electron chi connectivity index (χ2n) is 5.73. The van der Waals surface area contributed by atoms with Gasteiger partial charge in [-0.15, -0.1) is 0 Å². The summed E-state index contributed by atoms with van der Waals surface area (Å²) in [7, 11) is 0. The fraction of sp³-hybridized carbons (Fsp3) is 0. The van der Waals surface area contributed by atoms with Crippen molar-refractivity contribution < 1.29 is 0 Å². The Bertz CT molecular complexity index is 1180. The maximum absolute atomic E-state index is 12.3. The Labute approximate surface area is 151 Å². The summed E-state index contributed by atoms with van der Waals surface area (Å²) in [6.45, 7) is 0. The molecular weight excluding hydrogens is 380 g/mol. The van der Waals surface area contributed by atoms with E-state index in [0.29, 0.717) is 10.9 Å². The molecule has 0 aliphatic carbocycles. The number of H-pyrrole nitrogens is 2. The second kappa shape index (κ2) is 6.18. The van der Waals surface area contributed by atoms with Crippen LogP contribution in [0.1, 0.15) is 0 Å². The highest BCUT2D eigenvalue weighted by Crippen LogP contribution is 2.31. The summed E-state index contributed by atoms with van der Waals surface area (Å²) in [5, 5.41) is 0.457. The Morgan fingerprint density at radius 1 is 0.720 bits per heavy atom. The number of rotatable bonds is 2. The fourth-order valence-corrected chi connectivity index (χ4v) is 3.19. The molecule has 4 rings (SSSR count). The lowest BCUT2D eigenvalue weighted by Gasteiger charge is -2.10. The van der Waals surface area contributed by atoms with E-state index < -0.39 is 11.2 Å². The van der Waals surface area contributed by atoms with Gasteiger partial charge in [-0.2, -0.15) is 0 Å². The van der Waals surface area contributed by atoms with E-state index in [9.17, 15) is 9.59 Å². The molecule has 1 aromatic heterocycles. The van der Waals surface area contributed by atoms with Gasteiger partial charge in [0.15, 0.2) is 0 Å². The first-order valence-corrected chi connectivity index (χ1v) is 8.53. The van der Waals surface area contributed by atoms with E-state index in [1.54, 1.807) is 6.07 Å². The molecule has 3 aromatic carbocycles. The lowest BCUT2D eigenvalue weighted by Crippen LogP contribution is -2.22. The SMILES string of the molecule is O=c1[nH]c(=O)c2cc(-c3ccc(Br)cc3)cc(-c3ccccc3)c2[nH]1. The van der Waals surface area contributed by atoms with Crippen LogP contribution in [-0.2, 0) is 0 Å². The lowest BCUT2D eigenvalue weighted by molar-refractivity contribution is 1.08. The Balaban J connectivity index is 2.09. The molecule has 0 unspecified atom stereocenters. The average molecular weight is 393 g/mol. The summed E-state index contributed by atoms with van der Waals surface area (Å²) >= 11 is 3.43. The smallest absolute Gasteiger partial charge is 0.306 e. The molecule has 0 atom stereocenters. The van der Waals surface area contributed by atoms with Crippen molar-refractivity contribution in [3.63, 3.8) is 0 Å². The minimum Gasteiger partial charge on any atom is -0.306 e. The Hall–Kier alpha value is -2.92. The molecule has 0 amide bonds. The van der Waals surface area contributed by atoms with Crippen LogP contribution in [-0.4, -0.2) is 9.97 Å².